The molecule has 0 aliphatic rings. The van der Waals surface area contributed by atoms with Crippen LogP contribution in [0, 0.1) is 17.0 Å². The number of nitro groups is 1. The molecule has 0 unspecified atom stereocenters. The SMILES string of the molecule is Cc1ccc([N+](=O)[O-])c(OC(C)(C)C(N)=O)c1. The molecular formula is C11H14N2O4. The average molecular weight is 238 g/mol. The molecule has 17 heavy (non-hydrogen) atoms. The topological polar surface area (TPSA) is 95.5 Å². The van der Waals surface area contributed by atoms with Crippen LogP contribution in [0.1, 0.15) is 19.4 Å². The molecule has 0 saturated heterocycles. The number of primary amides is 1. The summed E-state index contributed by atoms with van der Waals surface area (Å²) in [6, 6.07) is 4.44. The van der Waals surface area contributed by atoms with Gasteiger partial charge in [0.2, 0.25) is 0 Å². The number of hydrogen-bond donors (Lipinski definition) is 1. The monoisotopic (exact) mass is 238 g/mol. The number of nitro benzene ring substituents is 1. The first-order chi connectivity index (χ1) is 7.74. The summed E-state index contributed by atoms with van der Waals surface area (Å²) >= 11 is 0. The largest absolute Gasteiger partial charge is 0.471 e. The van der Waals surface area contributed by atoms with Crippen LogP contribution >= 0.6 is 0 Å². The van der Waals surface area contributed by atoms with Gasteiger partial charge in [0.1, 0.15) is 0 Å². The maximum Gasteiger partial charge on any atom is 0.310 e. The van der Waals surface area contributed by atoms with Crippen LogP contribution in [-0.4, -0.2) is 16.4 Å². The summed E-state index contributed by atoms with van der Waals surface area (Å²) in [6.45, 7) is 4.69. The fraction of sp³-hybridized carbons (Fsp3) is 0.364. The van der Waals surface area contributed by atoms with E-state index in [2.05, 4.69) is 0 Å². The van der Waals surface area contributed by atoms with E-state index >= 15 is 0 Å². The first-order valence-corrected chi connectivity index (χ1v) is 4.98. The van der Waals surface area contributed by atoms with E-state index in [1.54, 1.807) is 13.0 Å². The molecule has 2 N–H and O–H groups in total. The Kier molecular flexibility index (Phi) is 3.36. The third kappa shape index (κ3) is 2.93. The highest BCUT2D eigenvalue weighted by molar-refractivity contribution is 5.83. The van der Waals surface area contributed by atoms with E-state index in [0.717, 1.165) is 5.56 Å². The van der Waals surface area contributed by atoms with Crippen molar-refractivity contribution in [2.24, 2.45) is 5.73 Å². The molecule has 1 aromatic rings. The third-order valence-corrected chi connectivity index (χ3v) is 2.27. The van der Waals surface area contributed by atoms with Gasteiger partial charge in [-0.05, 0) is 32.4 Å². The van der Waals surface area contributed by atoms with Crippen LogP contribution in [0.3, 0.4) is 0 Å². The molecule has 6 nitrogen and oxygen atoms in total. The van der Waals surface area contributed by atoms with E-state index in [9.17, 15) is 14.9 Å². The lowest BCUT2D eigenvalue weighted by atomic mass is 10.1. The minimum absolute atomic E-state index is 0.0406. The molecule has 6 heteroatoms. The lowest BCUT2D eigenvalue weighted by Gasteiger charge is -2.22. The Morgan fingerprint density at radius 3 is 2.53 bits per heavy atom. The zero-order valence-corrected chi connectivity index (χ0v) is 9.89. The Balaban J connectivity index is 3.17. The highest BCUT2D eigenvalue weighted by Gasteiger charge is 2.30. The fourth-order valence-electron chi connectivity index (χ4n) is 1.18. The summed E-state index contributed by atoms with van der Waals surface area (Å²) in [7, 11) is 0. The zero-order chi connectivity index (χ0) is 13.2. The summed E-state index contributed by atoms with van der Waals surface area (Å²) in [5.41, 5.74) is 4.46. The third-order valence-electron chi connectivity index (χ3n) is 2.27. The molecule has 0 aromatic heterocycles. The molecule has 0 aliphatic heterocycles. The highest BCUT2D eigenvalue weighted by Crippen LogP contribution is 2.30. The number of ether oxygens (including phenoxy) is 1. The van der Waals surface area contributed by atoms with Crippen molar-refractivity contribution in [1.82, 2.24) is 0 Å². The molecule has 1 rings (SSSR count). The smallest absolute Gasteiger partial charge is 0.310 e. The molecule has 0 bridgehead atoms. The van der Waals surface area contributed by atoms with E-state index in [1.165, 1.54) is 26.0 Å². The Bertz CT molecular complexity index is 469. The first-order valence-electron chi connectivity index (χ1n) is 4.98. The molecule has 0 fully saturated rings. The Labute approximate surface area is 98.5 Å². The van der Waals surface area contributed by atoms with Gasteiger partial charge in [0, 0.05) is 6.07 Å². The van der Waals surface area contributed by atoms with E-state index in [4.69, 9.17) is 10.5 Å². The maximum absolute atomic E-state index is 11.1. The van der Waals surface area contributed by atoms with Crippen LogP contribution in [0.5, 0.6) is 5.75 Å². The molecule has 0 heterocycles. The van der Waals surface area contributed by atoms with Crippen molar-refractivity contribution in [3.05, 3.63) is 33.9 Å². The first kappa shape index (κ1) is 13.0. The van der Waals surface area contributed by atoms with Crippen LogP contribution in [0.25, 0.3) is 0 Å². The van der Waals surface area contributed by atoms with Gasteiger partial charge in [0.15, 0.2) is 11.4 Å². The van der Waals surface area contributed by atoms with Crippen molar-refractivity contribution in [2.75, 3.05) is 0 Å². The van der Waals surface area contributed by atoms with Crippen LogP contribution in [-0.2, 0) is 4.79 Å². The second kappa shape index (κ2) is 4.40. The quantitative estimate of drug-likeness (QED) is 0.635. The minimum atomic E-state index is -1.29. The predicted octanol–water partition coefficient (Wildman–Crippen LogP) is 1.55. The van der Waals surface area contributed by atoms with Gasteiger partial charge in [-0.15, -0.1) is 0 Å². The Morgan fingerprint density at radius 2 is 2.06 bits per heavy atom. The Morgan fingerprint density at radius 1 is 1.47 bits per heavy atom. The van der Waals surface area contributed by atoms with Gasteiger partial charge in [-0.25, -0.2) is 0 Å². The van der Waals surface area contributed by atoms with Crippen molar-refractivity contribution in [1.29, 1.82) is 0 Å². The molecule has 92 valence electrons. The molecule has 0 saturated carbocycles. The van der Waals surface area contributed by atoms with Crippen LogP contribution in [0.4, 0.5) is 5.69 Å². The second-order valence-corrected chi connectivity index (χ2v) is 4.20. The standard InChI is InChI=1S/C11H14N2O4/c1-7-4-5-8(13(15)16)9(6-7)17-11(2,3)10(12)14/h4-6H,1-3H3,(H2,12,14). The summed E-state index contributed by atoms with van der Waals surface area (Å²) in [4.78, 5) is 21.4. The summed E-state index contributed by atoms with van der Waals surface area (Å²) < 4.78 is 5.32. The average Bonchev–Trinajstić information content (AvgIpc) is 2.15. The van der Waals surface area contributed by atoms with Gasteiger partial charge >= 0.3 is 5.69 Å². The van der Waals surface area contributed by atoms with E-state index in [1.807, 2.05) is 0 Å². The van der Waals surface area contributed by atoms with Crippen molar-refractivity contribution in [2.45, 2.75) is 26.4 Å². The second-order valence-electron chi connectivity index (χ2n) is 4.20. The maximum atomic E-state index is 11.1. The van der Waals surface area contributed by atoms with Crippen LogP contribution in [0.15, 0.2) is 18.2 Å². The van der Waals surface area contributed by atoms with Gasteiger partial charge < -0.3 is 10.5 Å². The highest BCUT2D eigenvalue weighted by atomic mass is 16.6. The number of carbonyl (C=O) groups excluding carboxylic acids is 1. The lowest BCUT2D eigenvalue weighted by Crippen LogP contribution is -2.43. The summed E-state index contributed by atoms with van der Waals surface area (Å²) in [5.74, 6) is -0.646. The van der Waals surface area contributed by atoms with Crippen molar-refractivity contribution >= 4 is 11.6 Å². The number of amides is 1. The van der Waals surface area contributed by atoms with Crippen molar-refractivity contribution < 1.29 is 14.5 Å². The van der Waals surface area contributed by atoms with Crippen LogP contribution in [0.2, 0.25) is 0 Å². The van der Waals surface area contributed by atoms with Crippen molar-refractivity contribution in [3.63, 3.8) is 0 Å². The molecular weight excluding hydrogens is 224 g/mol. The molecule has 0 spiro atoms. The molecule has 0 radical (unpaired) electrons. The predicted molar refractivity (Wildman–Crippen MR) is 61.7 cm³/mol. The lowest BCUT2D eigenvalue weighted by molar-refractivity contribution is -0.386. The molecule has 0 aliphatic carbocycles. The number of aryl methyl sites for hydroxylation is 1. The number of nitrogens with zero attached hydrogens (tertiary/aromatic N) is 1. The summed E-state index contributed by atoms with van der Waals surface area (Å²) in [5, 5.41) is 10.8. The minimum Gasteiger partial charge on any atom is -0.471 e. The number of nitrogens with two attached hydrogens (primary N) is 1. The van der Waals surface area contributed by atoms with Gasteiger partial charge in [0.05, 0.1) is 4.92 Å². The van der Waals surface area contributed by atoms with E-state index < -0.39 is 16.4 Å². The Hall–Kier alpha value is -2.11. The zero-order valence-electron chi connectivity index (χ0n) is 9.89. The molecule has 1 amide bonds. The van der Waals surface area contributed by atoms with Gasteiger partial charge in [-0.2, -0.15) is 0 Å². The van der Waals surface area contributed by atoms with E-state index in [-0.39, 0.29) is 11.4 Å². The number of rotatable bonds is 4. The fourth-order valence-corrected chi connectivity index (χ4v) is 1.18. The molecule has 1 aromatic carbocycles. The number of carbonyl (C=O) groups is 1. The normalized spacial score (nSPS) is 11.0. The van der Waals surface area contributed by atoms with Crippen molar-refractivity contribution in [3.8, 4) is 5.75 Å². The van der Waals surface area contributed by atoms with Gasteiger partial charge in [0.25, 0.3) is 5.91 Å². The van der Waals surface area contributed by atoms with Gasteiger partial charge in [-0.1, -0.05) is 6.07 Å². The van der Waals surface area contributed by atoms with Gasteiger partial charge in [-0.3, -0.25) is 14.9 Å². The molecule has 0 atom stereocenters. The number of hydrogen-bond acceptors (Lipinski definition) is 4. The number of benzene rings is 1. The van der Waals surface area contributed by atoms with E-state index in [0.29, 0.717) is 0 Å². The summed E-state index contributed by atoms with van der Waals surface area (Å²) in [6.07, 6.45) is 0. The van der Waals surface area contributed by atoms with Crippen LogP contribution < -0.4 is 10.5 Å².